The van der Waals surface area contributed by atoms with Crippen LogP contribution in [0.4, 0.5) is 11.4 Å². The van der Waals surface area contributed by atoms with Crippen LogP contribution in [-0.2, 0) is 9.59 Å². The summed E-state index contributed by atoms with van der Waals surface area (Å²) in [4.78, 5) is 28.1. The lowest BCUT2D eigenvalue weighted by Gasteiger charge is -2.12. The number of hydrogen-bond donors (Lipinski definition) is 2. The average Bonchev–Trinajstić information content (AvgIpc) is 3.42. The van der Waals surface area contributed by atoms with Crippen molar-refractivity contribution < 1.29 is 14.3 Å². The lowest BCUT2D eigenvalue weighted by molar-refractivity contribution is -0.118. The molecule has 0 spiro atoms. The van der Waals surface area contributed by atoms with E-state index >= 15 is 0 Å². The number of carbonyl (C=O) groups excluding carboxylic acids is 2. The number of carbonyl (C=O) groups is 2. The number of rotatable bonds is 7. The van der Waals surface area contributed by atoms with Gasteiger partial charge in [0.05, 0.1) is 11.4 Å². The fourth-order valence-corrected chi connectivity index (χ4v) is 2.70. The van der Waals surface area contributed by atoms with E-state index in [2.05, 4.69) is 20.7 Å². The molecule has 0 bridgehead atoms. The van der Waals surface area contributed by atoms with Gasteiger partial charge in [0.25, 0.3) is 5.91 Å². The molecule has 0 aliphatic heterocycles. The predicted molar refractivity (Wildman–Crippen MR) is 103 cm³/mol. The monoisotopic (exact) mass is 377 g/mol. The third-order valence-corrected chi connectivity index (χ3v) is 4.26. The molecule has 142 valence electrons. The van der Waals surface area contributed by atoms with Gasteiger partial charge in [-0.1, -0.05) is 18.2 Å². The van der Waals surface area contributed by atoms with Gasteiger partial charge in [-0.15, -0.1) is 0 Å². The smallest absolute Gasteiger partial charge is 0.262 e. The van der Waals surface area contributed by atoms with Crippen molar-refractivity contribution in [2.45, 2.75) is 12.8 Å². The van der Waals surface area contributed by atoms with E-state index < -0.39 is 0 Å². The Balaban J connectivity index is 1.36. The van der Waals surface area contributed by atoms with Crippen LogP contribution in [0.2, 0.25) is 0 Å². The van der Waals surface area contributed by atoms with Crippen LogP contribution in [0, 0.1) is 5.92 Å². The first-order chi connectivity index (χ1) is 13.7. The third-order valence-electron chi connectivity index (χ3n) is 4.26. The Hall–Kier alpha value is -3.68. The molecule has 1 heterocycles. The normalized spacial score (nSPS) is 13.0. The second-order valence-corrected chi connectivity index (χ2v) is 6.49. The SMILES string of the molecule is O=C(COc1cccc(NC(=O)C2CC2)c1)Nc1ccccc1-n1cncn1. The topological polar surface area (TPSA) is 98.1 Å². The van der Waals surface area contributed by atoms with Crippen LogP contribution < -0.4 is 15.4 Å². The summed E-state index contributed by atoms with van der Waals surface area (Å²) < 4.78 is 7.14. The van der Waals surface area contributed by atoms with E-state index in [0.29, 0.717) is 22.8 Å². The van der Waals surface area contributed by atoms with Gasteiger partial charge in [-0.2, -0.15) is 5.10 Å². The Labute approximate surface area is 161 Å². The minimum Gasteiger partial charge on any atom is -0.484 e. The number of para-hydroxylation sites is 2. The van der Waals surface area contributed by atoms with Gasteiger partial charge >= 0.3 is 0 Å². The molecule has 1 aliphatic carbocycles. The van der Waals surface area contributed by atoms with Gasteiger partial charge in [0.2, 0.25) is 5.91 Å². The summed E-state index contributed by atoms with van der Waals surface area (Å²) in [5.41, 5.74) is 1.97. The standard InChI is InChI=1S/C20H19N5O3/c26-19(24-17-6-1-2-7-18(17)25-13-21-12-22-25)11-28-16-5-3-4-15(10-16)23-20(27)14-8-9-14/h1-7,10,12-14H,8-9,11H2,(H,23,27)(H,24,26). The summed E-state index contributed by atoms with van der Waals surface area (Å²) in [5.74, 6) is 0.355. The molecule has 2 N–H and O–H groups in total. The zero-order valence-corrected chi connectivity index (χ0v) is 15.0. The van der Waals surface area contributed by atoms with E-state index in [4.69, 9.17) is 4.74 Å². The number of ether oxygens (including phenoxy) is 1. The predicted octanol–water partition coefficient (Wildman–Crippen LogP) is 2.63. The minimum atomic E-state index is -0.306. The van der Waals surface area contributed by atoms with E-state index in [1.54, 1.807) is 41.3 Å². The number of benzene rings is 2. The molecular formula is C20H19N5O3. The summed E-state index contributed by atoms with van der Waals surface area (Å²) in [7, 11) is 0. The zero-order valence-electron chi connectivity index (χ0n) is 15.0. The quantitative estimate of drug-likeness (QED) is 0.660. The fraction of sp³-hybridized carbons (Fsp3) is 0.200. The molecule has 1 aliphatic rings. The number of aromatic nitrogens is 3. The maximum Gasteiger partial charge on any atom is 0.262 e. The molecule has 28 heavy (non-hydrogen) atoms. The van der Waals surface area contributed by atoms with Crippen LogP contribution in [-0.4, -0.2) is 33.2 Å². The van der Waals surface area contributed by atoms with Gasteiger partial charge in [0.1, 0.15) is 18.4 Å². The maximum absolute atomic E-state index is 12.3. The molecule has 8 nitrogen and oxygen atoms in total. The molecule has 0 unspecified atom stereocenters. The molecule has 1 fully saturated rings. The van der Waals surface area contributed by atoms with Crippen LogP contribution in [0.25, 0.3) is 5.69 Å². The van der Waals surface area contributed by atoms with Gasteiger partial charge in [0.15, 0.2) is 6.61 Å². The Morgan fingerprint density at radius 3 is 2.75 bits per heavy atom. The van der Waals surface area contributed by atoms with Gasteiger partial charge in [-0.3, -0.25) is 9.59 Å². The van der Waals surface area contributed by atoms with Crippen molar-refractivity contribution in [3.8, 4) is 11.4 Å². The molecule has 1 aromatic heterocycles. The lowest BCUT2D eigenvalue weighted by atomic mass is 10.2. The van der Waals surface area contributed by atoms with Crippen LogP contribution in [0.3, 0.4) is 0 Å². The molecule has 0 radical (unpaired) electrons. The van der Waals surface area contributed by atoms with Crippen molar-refractivity contribution in [1.29, 1.82) is 0 Å². The summed E-state index contributed by atoms with van der Waals surface area (Å²) in [5, 5.41) is 9.76. The molecule has 4 rings (SSSR count). The number of nitrogens with zero attached hydrogens (tertiary/aromatic N) is 3. The number of anilines is 2. The summed E-state index contributed by atoms with van der Waals surface area (Å²) >= 11 is 0. The average molecular weight is 377 g/mol. The lowest BCUT2D eigenvalue weighted by Crippen LogP contribution is -2.21. The highest BCUT2D eigenvalue weighted by Crippen LogP contribution is 2.30. The van der Waals surface area contributed by atoms with E-state index in [9.17, 15) is 9.59 Å². The largest absolute Gasteiger partial charge is 0.484 e. The maximum atomic E-state index is 12.3. The summed E-state index contributed by atoms with van der Waals surface area (Å²) in [6, 6.07) is 14.3. The van der Waals surface area contributed by atoms with Crippen molar-refractivity contribution in [2.75, 3.05) is 17.2 Å². The Bertz CT molecular complexity index is 983. The molecule has 8 heteroatoms. The fourth-order valence-electron chi connectivity index (χ4n) is 2.70. The second kappa shape index (κ2) is 7.91. The highest BCUT2D eigenvalue weighted by Gasteiger charge is 2.29. The molecular weight excluding hydrogens is 358 g/mol. The third kappa shape index (κ3) is 4.35. The van der Waals surface area contributed by atoms with Crippen LogP contribution in [0.1, 0.15) is 12.8 Å². The number of nitrogens with one attached hydrogen (secondary N) is 2. The van der Waals surface area contributed by atoms with Crippen LogP contribution >= 0.6 is 0 Å². The summed E-state index contributed by atoms with van der Waals surface area (Å²) in [6.07, 6.45) is 4.87. The molecule has 2 aromatic carbocycles. The minimum absolute atomic E-state index is 0.0274. The Morgan fingerprint density at radius 2 is 1.96 bits per heavy atom. The first-order valence-corrected chi connectivity index (χ1v) is 8.96. The molecule has 0 saturated heterocycles. The molecule has 3 aromatic rings. The highest BCUT2D eigenvalue weighted by molar-refractivity contribution is 5.95. The van der Waals surface area contributed by atoms with Crippen molar-refractivity contribution in [2.24, 2.45) is 5.92 Å². The Morgan fingerprint density at radius 1 is 1.11 bits per heavy atom. The Kier molecular flexibility index (Phi) is 5.01. The first kappa shape index (κ1) is 17.7. The number of amides is 2. The molecule has 0 atom stereocenters. The zero-order chi connectivity index (χ0) is 19.3. The van der Waals surface area contributed by atoms with Crippen molar-refractivity contribution in [3.63, 3.8) is 0 Å². The molecule has 1 saturated carbocycles. The van der Waals surface area contributed by atoms with Crippen molar-refractivity contribution in [1.82, 2.24) is 14.8 Å². The second-order valence-electron chi connectivity index (χ2n) is 6.49. The van der Waals surface area contributed by atoms with E-state index in [1.165, 1.54) is 6.33 Å². The summed E-state index contributed by atoms with van der Waals surface area (Å²) in [6.45, 7) is -0.161. The van der Waals surface area contributed by atoms with E-state index in [0.717, 1.165) is 12.8 Å². The van der Waals surface area contributed by atoms with Crippen molar-refractivity contribution >= 4 is 23.2 Å². The van der Waals surface area contributed by atoms with E-state index in [1.807, 2.05) is 18.2 Å². The van der Waals surface area contributed by atoms with E-state index in [-0.39, 0.29) is 24.3 Å². The number of hydrogen-bond acceptors (Lipinski definition) is 5. The first-order valence-electron chi connectivity index (χ1n) is 8.96. The highest BCUT2D eigenvalue weighted by atomic mass is 16.5. The van der Waals surface area contributed by atoms with Gasteiger partial charge in [-0.25, -0.2) is 9.67 Å². The van der Waals surface area contributed by atoms with Gasteiger partial charge < -0.3 is 15.4 Å². The van der Waals surface area contributed by atoms with Gasteiger partial charge in [-0.05, 0) is 37.1 Å². The van der Waals surface area contributed by atoms with Gasteiger partial charge in [0, 0.05) is 17.7 Å². The molecule has 2 amide bonds. The van der Waals surface area contributed by atoms with Crippen LogP contribution in [0.15, 0.2) is 61.2 Å². The van der Waals surface area contributed by atoms with Crippen LogP contribution in [0.5, 0.6) is 5.75 Å². The van der Waals surface area contributed by atoms with Crippen molar-refractivity contribution in [3.05, 3.63) is 61.2 Å².